The summed E-state index contributed by atoms with van der Waals surface area (Å²) >= 11 is 0. The number of likely N-dealkylation sites (N-methyl/N-ethyl adjacent to an activating group) is 1. The Balaban J connectivity index is 2.05. The van der Waals surface area contributed by atoms with E-state index in [2.05, 4.69) is 45.8 Å². The molecular formula is C17H18N4. The van der Waals surface area contributed by atoms with Gasteiger partial charge in [-0.15, -0.1) is 10.2 Å². The number of hydrogen-bond acceptors (Lipinski definition) is 3. The first-order valence-corrected chi connectivity index (χ1v) is 7.08. The van der Waals surface area contributed by atoms with E-state index in [9.17, 15) is 0 Å². The molecule has 0 fully saturated rings. The Labute approximate surface area is 124 Å². The third-order valence-corrected chi connectivity index (χ3v) is 3.48. The van der Waals surface area contributed by atoms with Gasteiger partial charge in [-0.2, -0.15) is 0 Å². The zero-order chi connectivity index (χ0) is 14.5. The lowest BCUT2D eigenvalue weighted by molar-refractivity contribution is 0.791. The van der Waals surface area contributed by atoms with Crippen molar-refractivity contribution in [2.45, 2.75) is 6.42 Å². The Kier molecular flexibility index (Phi) is 4.07. The van der Waals surface area contributed by atoms with Gasteiger partial charge < -0.3 is 5.32 Å². The van der Waals surface area contributed by atoms with E-state index in [1.165, 1.54) is 5.56 Å². The summed E-state index contributed by atoms with van der Waals surface area (Å²) in [5.41, 5.74) is 3.48. The lowest BCUT2D eigenvalue weighted by Gasteiger charge is -2.11. The normalized spacial score (nSPS) is 10.7. The Morgan fingerprint density at radius 2 is 1.76 bits per heavy atom. The number of benzene rings is 2. The van der Waals surface area contributed by atoms with Gasteiger partial charge in [0.05, 0.1) is 0 Å². The maximum absolute atomic E-state index is 4.32. The zero-order valence-electron chi connectivity index (χ0n) is 12.0. The van der Waals surface area contributed by atoms with Crippen molar-refractivity contribution in [1.29, 1.82) is 0 Å². The van der Waals surface area contributed by atoms with E-state index in [0.29, 0.717) is 0 Å². The van der Waals surface area contributed by atoms with Crippen LogP contribution in [0.25, 0.3) is 17.1 Å². The number of aromatic nitrogens is 3. The molecule has 0 aliphatic heterocycles. The monoisotopic (exact) mass is 278 g/mol. The second kappa shape index (κ2) is 6.33. The second-order valence-electron chi connectivity index (χ2n) is 4.87. The van der Waals surface area contributed by atoms with E-state index in [4.69, 9.17) is 0 Å². The lowest BCUT2D eigenvalue weighted by atomic mass is 10.0. The van der Waals surface area contributed by atoms with Gasteiger partial charge in [-0.25, -0.2) is 0 Å². The van der Waals surface area contributed by atoms with Gasteiger partial charge in [0.1, 0.15) is 6.33 Å². The standard InChI is InChI=1S/C17H18N4/c1-18-12-11-14-7-5-6-10-16(14)17-20-19-13-21(17)15-8-3-2-4-9-15/h2-10,13,18H,11-12H2,1H3. The first-order chi connectivity index (χ1) is 10.4. The van der Waals surface area contributed by atoms with Crippen LogP contribution in [-0.4, -0.2) is 28.4 Å². The van der Waals surface area contributed by atoms with Crippen molar-refractivity contribution in [2.75, 3.05) is 13.6 Å². The van der Waals surface area contributed by atoms with E-state index in [1.54, 1.807) is 6.33 Å². The molecule has 1 aromatic heterocycles. The highest BCUT2D eigenvalue weighted by Gasteiger charge is 2.12. The summed E-state index contributed by atoms with van der Waals surface area (Å²) in [5, 5.41) is 11.6. The summed E-state index contributed by atoms with van der Waals surface area (Å²) in [5.74, 6) is 0.882. The molecule has 0 aliphatic rings. The minimum absolute atomic E-state index is 0.882. The van der Waals surface area contributed by atoms with E-state index in [-0.39, 0.29) is 0 Å². The molecule has 0 saturated heterocycles. The molecule has 1 heterocycles. The van der Waals surface area contributed by atoms with Crippen LogP contribution in [0.5, 0.6) is 0 Å². The average Bonchev–Trinajstić information content (AvgIpc) is 3.03. The second-order valence-corrected chi connectivity index (χ2v) is 4.87. The van der Waals surface area contributed by atoms with E-state index in [1.807, 2.05) is 35.9 Å². The van der Waals surface area contributed by atoms with Crippen molar-refractivity contribution in [3.8, 4) is 17.1 Å². The highest BCUT2D eigenvalue weighted by molar-refractivity contribution is 5.62. The molecule has 0 amide bonds. The molecule has 0 atom stereocenters. The Morgan fingerprint density at radius 3 is 2.57 bits per heavy atom. The topological polar surface area (TPSA) is 42.7 Å². The van der Waals surface area contributed by atoms with Gasteiger partial charge in [0.15, 0.2) is 5.82 Å². The number of rotatable bonds is 5. The molecule has 0 radical (unpaired) electrons. The van der Waals surface area contributed by atoms with Crippen LogP contribution in [0, 0.1) is 0 Å². The molecule has 0 unspecified atom stereocenters. The average molecular weight is 278 g/mol. The van der Waals surface area contributed by atoms with E-state index in [0.717, 1.165) is 30.0 Å². The Bertz CT molecular complexity index is 704. The fourth-order valence-corrected chi connectivity index (χ4v) is 2.41. The smallest absolute Gasteiger partial charge is 0.168 e. The van der Waals surface area contributed by atoms with Crippen molar-refractivity contribution in [1.82, 2.24) is 20.1 Å². The minimum Gasteiger partial charge on any atom is -0.319 e. The van der Waals surface area contributed by atoms with Crippen LogP contribution >= 0.6 is 0 Å². The molecular weight excluding hydrogens is 260 g/mol. The number of nitrogens with one attached hydrogen (secondary N) is 1. The predicted molar refractivity (Wildman–Crippen MR) is 84.4 cm³/mol. The molecule has 3 aromatic rings. The van der Waals surface area contributed by atoms with Crippen molar-refractivity contribution in [3.05, 3.63) is 66.5 Å². The van der Waals surface area contributed by atoms with Gasteiger partial charge in [0.2, 0.25) is 0 Å². The summed E-state index contributed by atoms with van der Waals surface area (Å²) < 4.78 is 2.03. The summed E-state index contributed by atoms with van der Waals surface area (Å²) in [4.78, 5) is 0. The van der Waals surface area contributed by atoms with Gasteiger partial charge in [0, 0.05) is 11.3 Å². The van der Waals surface area contributed by atoms with Crippen LogP contribution in [0.4, 0.5) is 0 Å². The SMILES string of the molecule is CNCCc1ccccc1-c1nncn1-c1ccccc1. The maximum Gasteiger partial charge on any atom is 0.168 e. The fourth-order valence-electron chi connectivity index (χ4n) is 2.41. The molecule has 0 spiro atoms. The summed E-state index contributed by atoms with van der Waals surface area (Å²) in [6, 6.07) is 18.5. The molecule has 0 saturated carbocycles. The van der Waals surface area contributed by atoms with Crippen LogP contribution in [-0.2, 0) is 6.42 Å². The first-order valence-electron chi connectivity index (χ1n) is 7.08. The van der Waals surface area contributed by atoms with Gasteiger partial charge in [0.25, 0.3) is 0 Å². The molecule has 1 N–H and O–H groups in total. The molecule has 2 aromatic carbocycles. The molecule has 4 nitrogen and oxygen atoms in total. The maximum atomic E-state index is 4.32. The summed E-state index contributed by atoms with van der Waals surface area (Å²) in [6.45, 7) is 0.941. The van der Waals surface area contributed by atoms with Gasteiger partial charge in [-0.05, 0) is 37.7 Å². The minimum atomic E-state index is 0.882. The largest absolute Gasteiger partial charge is 0.319 e. The highest BCUT2D eigenvalue weighted by atomic mass is 15.3. The predicted octanol–water partition coefficient (Wildman–Crippen LogP) is 2.70. The van der Waals surface area contributed by atoms with Crippen LogP contribution < -0.4 is 5.32 Å². The molecule has 4 heteroatoms. The third-order valence-electron chi connectivity index (χ3n) is 3.48. The third kappa shape index (κ3) is 2.85. The summed E-state index contributed by atoms with van der Waals surface area (Å²) in [7, 11) is 1.97. The molecule has 3 rings (SSSR count). The first kappa shape index (κ1) is 13.5. The van der Waals surface area contributed by atoms with Gasteiger partial charge >= 0.3 is 0 Å². The van der Waals surface area contributed by atoms with Gasteiger partial charge in [-0.1, -0.05) is 42.5 Å². The van der Waals surface area contributed by atoms with E-state index >= 15 is 0 Å². The quantitative estimate of drug-likeness (QED) is 0.780. The van der Waals surface area contributed by atoms with Crippen molar-refractivity contribution in [2.24, 2.45) is 0 Å². The molecule has 21 heavy (non-hydrogen) atoms. The zero-order valence-corrected chi connectivity index (χ0v) is 12.0. The van der Waals surface area contributed by atoms with Crippen molar-refractivity contribution < 1.29 is 0 Å². The van der Waals surface area contributed by atoms with Crippen LogP contribution in [0.15, 0.2) is 60.9 Å². The molecule has 0 bridgehead atoms. The fraction of sp³-hybridized carbons (Fsp3) is 0.176. The highest BCUT2D eigenvalue weighted by Crippen LogP contribution is 2.24. The van der Waals surface area contributed by atoms with E-state index < -0.39 is 0 Å². The molecule has 106 valence electrons. The van der Waals surface area contributed by atoms with Crippen LogP contribution in [0.2, 0.25) is 0 Å². The number of para-hydroxylation sites is 1. The van der Waals surface area contributed by atoms with Gasteiger partial charge in [-0.3, -0.25) is 4.57 Å². The van der Waals surface area contributed by atoms with Crippen molar-refractivity contribution in [3.63, 3.8) is 0 Å². The molecule has 0 aliphatic carbocycles. The number of nitrogens with zero attached hydrogens (tertiary/aromatic N) is 3. The Morgan fingerprint density at radius 1 is 1.00 bits per heavy atom. The Hall–Kier alpha value is -2.46. The van der Waals surface area contributed by atoms with Crippen LogP contribution in [0.1, 0.15) is 5.56 Å². The van der Waals surface area contributed by atoms with Crippen molar-refractivity contribution >= 4 is 0 Å². The summed E-state index contributed by atoms with van der Waals surface area (Å²) in [6.07, 6.45) is 2.73. The number of hydrogen-bond donors (Lipinski definition) is 1. The van der Waals surface area contributed by atoms with Crippen LogP contribution in [0.3, 0.4) is 0 Å². The lowest BCUT2D eigenvalue weighted by Crippen LogP contribution is -2.11.